The lowest BCUT2D eigenvalue weighted by atomic mass is 10.1. The van der Waals surface area contributed by atoms with E-state index in [0.717, 1.165) is 43.5 Å². The zero-order valence-corrected chi connectivity index (χ0v) is 20.4. The quantitative estimate of drug-likeness (QED) is 0.326. The molecule has 166 valence electrons. The third kappa shape index (κ3) is 6.82. The molecule has 0 amide bonds. The molecule has 0 aliphatic carbocycles. The van der Waals surface area contributed by atoms with Crippen molar-refractivity contribution in [3.8, 4) is 5.75 Å². The molecule has 0 bridgehead atoms. The molecule has 2 aromatic rings. The Morgan fingerprint density at radius 3 is 2.87 bits per heavy atom. The van der Waals surface area contributed by atoms with Crippen LogP contribution >= 0.6 is 24.0 Å². The summed E-state index contributed by atoms with van der Waals surface area (Å²) in [6.45, 7) is 10.2. The molecule has 1 aliphatic rings. The third-order valence-corrected chi connectivity index (χ3v) is 4.72. The second-order valence-corrected chi connectivity index (χ2v) is 7.71. The van der Waals surface area contributed by atoms with Gasteiger partial charge >= 0.3 is 0 Å². The summed E-state index contributed by atoms with van der Waals surface area (Å²) >= 11 is 0. The van der Waals surface area contributed by atoms with Crippen molar-refractivity contribution in [1.29, 1.82) is 0 Å². The minimum Gasteiger partial charge on any atom is -0.489 e. The molecule has 7 nitrogen and oxygen atoms in total. The number of halogens is 2. The van der Waals surface area contributed by atoms with Crippen molar-refractivity contribution in [2.75, 3.05) is 13.1 Å². The molecule has 0 saturated carbocycles. The first-order chi connectivity index (χ1) is 13.9. The summed E-state index contributed by atoms with van der Waals surface area (Å²) in [6, 6.07) is 6.40. The van der Waals surface area contributed by atoms with Gasteiger partial charge in [-0.15, -0.1) is 24.0 Å². The number of nitrogens with one attached hydrogen (secondary N) is 2. The first-order valence-electron chi connectivity index (χ1n) is 10.3. The van der Waals surface area contributed by atoms with Crippen LogP contribution in [0.5, 0.6) is 5.75 Å². The molecule has 0 saturated heterocycles. The van der Waals surface area contributed by atoms with Gasteiger partial charge < -0.3 is 15.4 Å². The second-order valence-electron chi connectivity index (χ2n) is 7.71. The van der Waals surface area contributed by atoms with E-state index < -0.39 is 0 Å². The Kier molecular flexibility index (Phi) is 9.32. The van der Waals surface area contributed by atoms with Crippen LogP contribution in [-0.4, -0.2) is 46.0 Å². The Balaban J connectivity index is 0.00000320. The standard InChI is InChI=1S/C21H31FN6O.HI/c1-5-23-21(24-12-15(4)29-18-8-6-7-16(22)11-18)25-17-9-10-19-26-20(14(2)3)27-28(19)13-17;/h6-8,11,14-15,17H,5,9-10,12-13H2,1-4H3,(H2,23,24,25);1H. The zero-order chi connectivity index (χ0) is 20.8. The number of nitrogens with zero attached hydrogens (tertiary/aromatic N) is 4. The van der Waals surface area contributed by atoms with Crippen LogP contribution in [0.15, 0.2) is 29.3 Å². The Hall–Kier alpha value is -1.91. The molecule has 9 heteroatoms. The van der Waals surface area contributed by atoms with E-state index in [1.54, 1.807) is 12.1 Å². The molecule has 2 atom stereocenters. The average Bonchev–Trinajstić information content (AvgIpc) is 3.10. The van der Waals surface area contributed by atoms with Crippen LogP contribution in [-0.2, 0) is 13.0 Å². The van der Waals surface area contributed by atoms with E-state index in [4.69, 9.17) is 4.74 Å². The largest absolute Gasteiger partial charge is 0.489 e. The lowest BCUT2D eigenvalue weighted by Gasteiger charge is -2.25. The van der Waals surface area contributed by atoms with Gasteiger partial charge in [-0.05, 0) is 32.4 Å². The van der Waals surface area contributed by atoms with Crippen LogP contribution in [0, 0.1) is 5.82 Å². The Labute approximate surface area is 194 Å². The summed E-state index contributed by atoms with van der Waals surface area (Å²) in [4.78, 5) is 9.29. The smallest absolute Gasteiger partial charge is 0.191 e. The molecule has 1 aromatic carbocycles. The summed E-state index contributed by atoms with van der Waals surface area (Å²) in [7, 11) is 0. The third-order valence-electron chi connectivity index (χ3n) is 4.72. The molecule has 1 aromatic heterocycles. The van der Waals surface area contributed by atoms with E-state index >= 15 is 0 Å². The van der Waals surface area contributed by atoms with Crippen LogP contribution < -0.4 is 15.4 Å². The number of ether oxygens (including phenoxy) is 1. The number of benzene rings is 1. The van der Waals surface area contributed by atoms with Gasteiger partial charge in [0.15, 0.2) is 11.8 Å². The molecular weight excluding hydrogens is 498 g/mol. The molecule has 0 spiro atoms. The van der Waals surface area contributed by atoms with Crippen LogP contribution in [0.1, 0.15) is 51.7 Å². The maximum atomic E-state index is 13.3. The van der Waals surface area contributed by atoms with Gasteiger partial charge in [-0.1, -0.05) is 19.9 Å². The average molecular weight is 530 g/mol. The van der Waals surface area contributed by atoms with Gasteiger partial charge in [0.25, 0.3) is 0 Å². The fourth-order valence-electron chi connectivity index (χ4n) is 3.23. The summed E-state index contributed by atoms with van der Waals surface area (Å²) < 4.78 is 21.1. The van der Waals surface area contributed by atoms with Gasteiger partial charge in [-0.3, -0.25) is 0 Å². The van der Waals surface area contributed by atoms with E-state index in [9.17, 15) is 4.39 Å². The van der Waals surface area contributed by atoms with Crippen molar-refractivity contribution in [3.63, 3.8) is 0 Å². The highest BCUT2D eigenvalue weighted by molar-refractivity contribution is 14.0. The zero-order valence-electron chi connectivity index (χ0n) is 18.1. The number of hydrogen-bond acceptors (Lipinski definition) is 4. The number of rotatable bonds is 7. The highest BCUT2D eigenvalue weighted by Gasteiger charge is 2.23. The molecule has 1 aliphatic heterocycles. The van der Waals surface area contributed by atoms with Crippen LogP contribution in [0.4, 0.5) is 4.39 Å². The fraction of sp³-hybridized carbons (Fsp3) is 0.571. The van der Waals surface area contributed by atoms with E-state index in [-0.39, 0.29) is 41.9 Å². The maximum absolute atomic E-state index is 13.3. The molecule has 2 N–H and O–H groups in total. The monoisotopic (exact) mass is 530 g/mol. The number of guanidine groups is 1. The molecule has 30 heavy (non-hydrogen) atoms. The second kappa shape index (κ2) is 11.5. The molecule has 3 rings (SSSR count). The number of fused-ring (bicyclic) bond motifs is 1. The lowest BCUT2D eigenvalue weighted by molar-refractivity contribution is 0.229. The van der Waals surface area contributed by atoms with Crippen molar-refractivity contribution in [2.24, 2.45) is 4.99 Å². The van der Waals surface area contributed by atoms with Gasteiger partial charge in [0.1, 0.15) is 23.5 Å². The number of hydrogen-bond donors (Lipinski definition) is 2. The van der Waals surface area contributed by atoms with Gasteiger partial charge in [0, 0.05) is 31.0 Å². The van der Waals surface area contributed by atoms with Crippen LogP contribution in [0.2, 0.25) is 0 Å². The molecule has 2 heterocycles. The Bertz CT molecular complexity index is 841. The van der Waals surface area contributed by atoms with Gasteiger partial charge in [0.2, 0.25) is 0 Å². The van der Waals surface area contributed by atoms with Crippen molar-refractivity contribution in [1.82, 2.24) is 25.4 Å². The predicted octanol–water partition coefficient (Wildman–Crippen LogP) is 3.50. The van der Waals surface area contributed by atoms with Crippen LogP contribution in [0.25, 0.3) is 0 Å². The summed E-state index contributed by atoms with van der Waals surface area (Å²) in [5, 5.41) is 11.4. The summed E-state index contributed by atoms with van der Waals surface area (Å²) in [5.74, 6) is 3.25. The molecule has 0 radical (unpaired) electrons. The minimum atomic E-state index is -0.307. The van der Waals surface area contributed by atoms with E-state index in [1.807, 2.05) is 18.5 Å². The molecule has 2 unspecified atom stereocenters. The fourth-order valence-corrected chi connectivity index (χ4v) is 3.23. The molecule has 0 fully saturated rings. The number of aryl methyl sites for hydroxylation is 1. The van der Waals surface area contributed by atoms with Gasteiger partial charge in [-0.2, -0.15) is 5.10 Å². The van der Waals surface area contributed by atoms with Crippen molar-refractivity contribution in [2.45, 2.75) is 65.1 Å². The lowest BCUT2D eigenvalue weighted by Crippen LogP contribution is -2.47. The summed E-state index contributed by atoms with van der Waals surface area (Å²) in [6.07, 6.45) is 1.71. The Morgan fingerprint density at radius 1 is 1.37 bits per heavy atom. The van der Waals surface area contributed by atoms with Crippen LogP contribution in [0.3, 0.4) is 0 Å². The first-order valence-corrected chi connectivity index (χ1v) is 10.3. The first kappa shape index (κ1) is 24.4. The van der Waals surface area contributed by atoms with Crippen molar-refractivity contribution in [3.05, 3.63) is 41.7 Å². The SMILES string of the molecule is CCNC(=NCC(C)Oc1cccc(F)c1)NC1CCc2nc(C(C)C)nn2C1.I. The normalized spacial score (nSPS) is 17.1. The van der Waals surface area contributed by atoms with Gasteiger partial charge in [-0.25, -0.2) is 19.0 Å². The minimum absolute atomic E-state index is 0. The highest BCUT2D eigenvalue weighted by atomic mass is 127. The maximum Gasteiger partial charge on any atom is 0.191 e. The summed E-state index contributed by atoms with van der Waals surface area (Å²) in [5.41, 5.74) is 0. The number of aromatic nitrogens is 3. The van der Waals surface area contributed by atoms with Crippen molar-refractivity contribution < 1.29 is 9.13 Å². The van der Waals surface area contributed by atoms with Gasteiger partial charge in [0.05, 0.1) is 13.1 Å². The van der Waals surface area contributed by atoms with Crippen molar-refractivity contribution >= 4 is 29.9 Å². The molecular formula is C21H32FIN6O. The Morgan fingerprint density at radius 2 is 2.17 bits per heavy atom. The van der Waals surface area contributed by atoms with E-state index in [0.29, 0.717) is 18.2 Å². The topological polar surface area (TPSA) is 76.4 Å². The predicted molar refractivity (Wildman–Crippen MR) is 127 cm³/mol. The highest BCUT2D eigenvalue weighted by Crippen LogP contribution is 2.17. The van der Waals surface area contributed by atoms with E-state index in [1.165, 1.54) is 12.1 Å². The van der Waals surface area contributed by atoms with E-state index in [2.05, 4.69) is 39.6 Å². The number of aliphatic imine (C=N–C) groups is 1.